The van der Waals surface area contributed by atoms with Crippen molar-refractivity contribution in [3.63, 3.8) is 0 Å². The molecule has 0 amide bonds. The molecule has 0 aliphatic heterocycles. The monoisotopic (exact) mass is 221 g/mol. The molecule has 1 N–H and O–H groups in total. The highest BCUT2D eigenvalue weighted by Gasteiger charge is 2.01. The molecule has 2 nitrogen and oxygen atoms in total. The van der Waals surface area contributed by atoms with E-state index in [1.54, 1.807) is 7.11 Å². The lowest BCUT2D eigenvalue weighted by Crippen LogP contribution is -2.20. The number of benzene rings is 1. The topological polar surface area (TPSA) is 21.3 Å². The number of nitrogens with one attached hydrogen (secondary N) is 1. The van der Waals surface area contributed by atoms with Crippen LogP contribution < -0.4 is 10.1 Å². The van der Waals surface area contributed by atoms with E-state index in [0.717, 1.165) is 24.8 Å². The molecule has 2 heteroatoms. The van der Waals surface area contributed by atoms with Gasteiger partial charge >= 0.3 is 0 Å². The largest absolute Gasteiger partial charge is 0.496 e. The molecule has 0 fully saturated rings. The molecule has 0 aliphatic rings. The van der Waals surface area contributed by atoms with Crippen molar-refractivity contribution in [2.45, 2.75) is 33.7 Å². The zero-order chi connectivity index (χ0) is 12.0. The first-order valence-electron chi connectivity index (χ1n) is 6.01. The first-order chi connectivity index (χ1) is 7.67. The van der Waals surface area contributed by atoms with Gasteiger partial charge in [0.2, 0.25) is 0 Å². The Bertz CT molecular complexity index is 323. The lowest BCUT2D eigenvalue weighted by Gasteiger charge is -2.11. The van der Waals surface area contributed by atoms with Crippen LogP contribution in [0.1, 0.15) is 31.4 Å². The van der Waals surface area contributed by atoms with E-state index < -0.39 is 0 Å². The molecule has 0 saturated carbocycles. The molecule has 0 aliphatic carbocycles. The van der Waals surface area contributed by atoms with Crippen LogP contribution in [0.15, 0.2) is 18.2 Å². The molecule has 90 valence electrons. The Morgan fingerprint density at radius 2 is 2.12 bits per heavy atom. The first-order valence-corrected chi connectivity index (χ1v) is 6.01. The quantitative estimate of drug-likeness (QED) is 0.797. The predicted octanol–water partition coefficient (Wildman–Crippen LogP) is 3.14. The van der Waals surface area contributed by atoms with Crippen molar-refractivity contribution in [2.24, 2.45) is 5.92 Å². The van der Waals surface area contributed by atoms with Crippen LogP contribution in [0.4, 0.5) is 0 Å². The van der Waals surface area contributed by atoms with Crippen LogP contribution in [0, 0.1) is 12.8 Å². The van der Waals surface area contributed by atoms with Crippen LogP contribution in [0.5, 0.6) is 5.75 Å². The molecule has 1 aromatic carbocycles. The molecule has 0 saturated heterocycles. The Morgan fingerprint density at radius 3 is 2.75 bits per heavy atom. The van der Waals surface area contributed by atoms with Gasteiger partial charge in [0.05, 0.1) is 7.11 Å². The highest BCUT2D eigenvalue weighted by molar-refractivity contribution is 5.36. The van der Waals surface area contributed by atoms with E-state index in [1.807, 2.05) is 0 Å². The maximum atomic E-state index is 5.31. The average molecular weight is 221 g/mol. The highest BCUT2D eigenvalue weighted by atomic mass is 16.5. The molecule has 1 atom stereocenters. The van der Waals surface area contributed by atoms with Crippen LogP contribution in [-0.2, 0) is 6.54 Å². The fraction of sp³-hybridized carbons (Fsp3) is 0.571. The lowest BCUT2D eigenvalue weighted by molar-refractivity contribution is 0.410. The summed E-state index contributed by atoms with van der Waals surface area (Å²) in [5.41, 5.74) is 2.47. The van der Waals surface area contributed by atoms with Crippen LogP contribution in [0.25, 0.3) is 0 Å². The van der Waals surface area contributed by atoms with E-state index >= 15 is 0 Å². The van der Waals surface area contributed by atoms with Gasteiger partial charge in [0.15, 0.2) is 0 Å². The molecule has 0 aromatic heterocycles. The standard InChI is InChI=1S/C14H23NO/c1-5-11(2)9-15-10-13-7-6-12(3)14(8-13)16-4/h6-8,11,15H,5,9-10H2,1-4H3. The number of aryl methyl sites for hydroxylation is 1. The summed E-state index contributed by atoms with van der Waals surface area (Å²) in [6.45, 7) is 8.55. The van der Waals surface area contributed by atoms with Gasteiger partial charge in [-0.3, -0.25) is 0 Å². The molecule has 0 radical (unpaired) electrons. The van der Waals surface area contributed by atoms with E-state index in [0.29, 0.717) is 0 Å². The summed E-state index contributed by atoms with van der Waals surface area (Å²) < 4.78 is 5.31. The molecular weight excluding hydrogens is 198 g/mol. The summed E-state index contributed by atoms with van der Waals surface area (Å²) in [6, 6.07) is 6.37. The fourth-order valence-electron chi connectivity index (χ4n) is 1.58. The van der Waals surface area contributed by atoms with E-state index in [9.17, 15) is 0 Å². The summed E-state index contributed by atoms with van der Waals surface area (Å²) >= 11 is 0. The van der Waals surface area contributed by atoms with Crippen molar-refractivity contribution in [1.82, 2.24) is 5.32 Å². The van der Waals surface area contributed by atoms with E-state index in [4.69, 9.17) is 4.74 Å². The number of rotatable bonds is 6. The predicted molar refractivity (Wildman–Crippen MR) is 68.9 cm³/mol. The van der Waals surface area contributed by atoms with Gasteiger partial charge in [0.1, 0.15) is 5.75 Å². The van der Waals surface area contributed by atoms with Crippen LogP contribution >= 0.6 is 0 Å². The van der Waals surface area contributed by atoms with Gasteiger partial charge in [-0.15, -0.1) is 0 Å². The zero-order valence-electron chi connectivity index (χ0n) is 10.8. The van der Waals surface area contributed by atoms with Gasteiger partial charge in [0, 0.05) is 6.54 Å². The van der Waals surface area contributed by atoms with Crippen LogP contribution in [-0.4, -0.2) is 13.7 Å². The van der Waals surface area contributed by atoms with Gasteiger partial charge in [0.25, 0.3) is 0 Å². The summed E-state index contributed by atoms with van der Waals surface area (Å²) in [5, 5.41) is 3.47. The SMILES string of the molecule is CCC(C)CNCc1ccc(C)c(OC)c1. The second-order valence-corrected chi connectivity index (χ2v) is 4.45. The van der Waals surface area contributed by atoms with Crippen molar-refractivity contribution >= 4 is 0 Å². The lowest BCUT2D eigenvalue weighted by atomic mass is 10.1. The second-order valence-electron chi connectivity index (χ2n) is 4.45. The van der Waals surface area contributed by atoms with Crippen LogP contribution in [0.3, 0.4) is 0 Å². The summed E-state index contributed by atoms with van der Waals surface area (Å²) in [5.74, 6) is 1.72. The Balaban J connectivity index is 2.48. The third-order valence-corrected chi connectivity index (χ3v) is 2.99. The van der Waals surface area contributed by atoms with Gasteiger partial charge in [-0.25, -0.2) is 0 Å². The normalized spacial score (nSPS) is 12.5. The zero-order valence-corrected chi connectivity index (χ0v) is 10.8. The Labute approximate surface area is 99.0 Å². The van der Waals surface area contributed by atoms with Crippen molar-refractivity contribution in [2.75, 3.05) is 13.7 Å². The molecule has 1 aromatic rings. The molecule has 16 heavy (non-hydrogen) atoms. The summed E-state index contributed by atoms with van der Waals surface area (Å²) in [7, 11) is 1.72. The van der Waals surface area contributed by atoms with Crippen molar-refractivity contribution < 1.29 is 4.74 Å². The van der Waals surface area contributed by atoms with Gasteiger partial charge < -0.3 is 10.1 Å². The number of ether oxygens (including phenoxy) is 1. The molecule has 1 unspecified atom stereocenters. The third-order valence-electron chi connectivity index (χ3n) is 2.99. The maximum absolute atomic E-state index is 5.31. The smallest absolute Gasteiger partial charge is 0.122 e. The molecule has 1 rings (SSSR count). The Morgan fingerprint density at radius 1 is 1.38 bits per heavy atom. The van der Waals surface area contributed by atoms with Gasteiger partial charge in [-0.2, -0.15) is 0 Å². The minimum atomic E-state index is 0.743. The van der Waals surface area contributed by atoms with Crippen LogP contribution in [0.2, 0.25) is 0 Å². The number of methoxy groups -OCH3 is 1. The molecule has 0 bridgehead atoms. The maximum Gasteiger partial charge on any atom is 0.122 e. The number of hydrogen-bond donors (Lipinski definition) is 1. The Kier molecular flexibility index (Phi) is 5.33. The molecule has 0 heterocycles. The molecular formula is C14H23NO. The second kappa shape index (κ2) is 6.54. The van der Waals surface area contributed by atoms with E-state index in [2.05, 4.69) is 44.3 Å². The van der Waals surface area contributed by atoms with E-state index in [-0.39, 0.29) is 0 Å². The van der Waals surface area contributed by atoms with Crippen molar-refractivity contribution in [3.8, 4) is 5.75 Å². The molecule has 0 spiro atoms. The van der Waals surface area contributed by atoms with E-state index in [1.165, 1.54) is 17.5 Å². The highest BCUT2D eigenvalue weighted by Crippen LogP contribution is 2.18. The summed E-state index contributed by atoms with van der Waals surface area (Å²) in [6.07, 6.45) is 1.23. The minimum absolute atomic E-state index is 0.743. The van der Waals surface area contributed by atoms with Gasteiger partial charge in [-0.05, 0) is 36.6 Å². The first kappa shape index (κ1) is 13.0. The van der Waals surface area contributed by atoms with Crippen molar-refractivity contribution in [3.05, 3.63) is 29.3 Å². The Hall–Kier alpha value is -1.02. The minimum Gasteiger partial charge on any atom is -0.496 e. The third kappa shape index (κ3) is 3.86. The number of hydrogen-bond acceptors (Lipinski definition) is 2. The summed E-state index contributed by atoms with van der Waals surface area (Å²) in [4.78, 5) is 0. The van der Waals surface area contributed by atoms with Crippen molar-refractivity contribution in [1.29, 1.82) is 0 Å². The average Bonchev–Trinajstić information content (AvgIpc) is 2.31. The van der Waals surface area contributed by atoms with Gasteiger partial charge in [-0.1, -0.05) is 32.4 Å². The fourth-order valence-corrected chi connectivity index (χ4v) is 1.58.